The van der Waals surface area contributed by atoms with Crippen LogP contribution in [0.1, 0.15) is 57.9 Å². The highest BCUT2D eigenvalue weighted by Crippen LogP contribution is 2.24. The summed E-state index contributed by atoms with van der Waals surface area (Å²) in [6.45, 7) is 9.50. The molecule has 0 amide bonds. The van der Waals surface area contributed by atoms with Crippen molar-refractivity contribution >= 4 is 17.0 Å². The molecule has 1 unspecified atom stereocenters. The first-order chi connectivity index (χ1) is 16.2. The Morgan fingerprint density at radius 1 is 1.00 bits per heavy atom. The first kappa shape index (κ1) is 24.7. The molecule has 0 aliphatic heterocycles. The largest absolute Gasteiger partial charge is 0.490 e. The van der Waals surface area contributed by atoms with Crippen molar-refractivity contribution in [2.75, 3.05) is 13.2 Å². The van der Waals surface area contributed by atoms with Gasteiger partial charge in [-0.25, -0.2) is 4.98 Å². The Kier molecular flexibility index (Phi) is 10.2. The summed E-state index contributed by atoms with van der Waals surface area (Å²) in [5.41, 5.74) is 4.28. The summed E-state index contributed by atoms with van der Waals surface area (Å²) < 4.78 is 11.5. The van der Waals surface area contributed by atoms with Gasteiger partial charge in [0.15, 0.2) is 0 Å². The SMILES string of the molecule is C=CCOc1ccc2nc(-c3ccc(/C=C/CCCC(C)OCCCCC)cc3)ccc2c1. The Labute approximate surface area is 199 Å². The molecule has 3 heteroatoms. The Balaban J connectivity index is 1.49. The van der Waals surface area contributed by atoms with Crippen molar-refractivity contribution in [3.05, 3.63) is 78.9 Å². The lowest BCUT2D eigenvalue weighted by molar-refractivity contribution is 0.0566. The quantitative estimate of drug-likeness (QED) is 0.186. The van der Waals surface area contributed by atoms with E-state index in [9.17, 15) is 0 Å². The molecule has 0 aliphatic carbocycles. The highest BCUT2D eigenvalue weighted by Gasteiger charge is 2.04. The number of hydrogen-bond donors (Lipinski definition) is 0. The lowest BCUT2D eigenvalue weighted by Crippen LogP contribution is -2.08. The number of pyridine rings is 1. The predicted molar refractivity (Wildman–Crippen MR) is 141 cm³/mol. The minimum Gasteiger partial charge on any atom is -0.490 e. The third kappa shape index (κ3) is 8.18. The monoisotopic (exact) mass is 443 g/mol. The number of rotatable bonds is 14. The molecule has 0 saturated heterocycles. The van der Waals surface area contributed by atoms with Gasteiger partial charge in [0.2, 0.25) is 0 Å². The molecule has 0 spiro atoms. The van der Waals surface area contributed by atoms with Crippen molar-refractivity contribution in [2.45, 2.75) is 58.5 Å². The van der Waals surface area contributed by atoms with E-state index in [4.69, 9.17) is 14.5 Å². The van der Waals surface area contributed by atoms with E-state index in [0.29, 0.717) is 12.7 Å². The highest BCUT2D eigenvalue weighted by molar-refractivity contribution is 5.83. The van der Waals surface area contributed by atoms with Crippen molar-refractivity contribution in [2.24, 2.45) is 0 Å². The second-order valence-electron chi connectivity index (χ2n) is 8.49. The van der Waals surface area contributed by atoms with Crippen LogP contribution in [-0.4, -0.2) is 24.3 Å². The predicted octanol–water partition coefficient (Wildman–Crippen LogP) is 8.25. The molecule has 1 atom stereocenters. The van der Waals surface area contributed by atoms with Gasteiger partial charge >= 0.3 is 0 Å². The fourth-order valence-corrected chi connectivity index (χ4v) is 3.74. The summed E-state index contributed by atoms with van der Waals surface area (Å²) in [5.74, 6) is 0.835. The van der Waals surface area contributed by atoms with Gasteiger partial charge < -0.3 is 9.47 Å². The number of unbranched alkanes of at least 4 members (excludes halogenated alkanes) is 3. The van der Waals surface area contributed by atoms with Crippen LogP contribution in [0.5, 0.6) is 5.75 Å². The van der Waals surface area contributed by atoms with Crippen LogP contribution < -0.4 is 4.74 Å². The number of nitrogens with zero attached hydrogens (tertiary/aromatic N) is 1. The molecular formula is C30H37NO2. The average Bonchev–Trinajstić information content (AvgIpc) is 2.85. The topological polar surface area (TPSA) is 31.4 Å². The van der Waals surface area contributed by atoms with Crippen molar-refractivity contribution in [1.29, 1.82) is 0 Å². The molecule has 0 N–H and O–H groups in total. The summed E-state index contributed by atoms with van der Waals surface area (Å²) in [6, 6.07) is 18.7. The molecule has 0 fully saturated rings. The Morgan fingerprint density at radius 3 is 2.64 bits per heavy atom. The number of allylic oxidation sites excluding steroid dienone is 1. The van der Waals surface area contributed by atoms with E-state index in [2.05, 4.69) is 69.0 Å². The normalized spacial score (nSPS) is 12.3. The van der Waals surface area contributed by atoms with E-state index in [1.807, 2.05) is 18.2 Å². The van der Waals surface area contributed by atoms with Gasteiger partial charge in [-0.15, -0.1) is 0 Å². The highest BCUT2D eigenvalue weighted by atomic mass is 16.5. The number of hydrogen-bond acceptors (Lipinski definition) is 3. The molecule has 33 heavy (non-hydrogen) atoms. The first-order valence-electron chi connectivity index (χ1n) is 12.2. The molecule has 0 radical (unpaired) electrons. The van der Waals surface area contributed by atoms with Crippen molar-refractivity contribution < 1.29 is 9.47 Å². The smallest absolute Gasteiger partial charge is 0.120 e. The van der Waals surface area contributed by atoms with Gasteiger partial charge in [-0.05, 0) is 62.4 Å². The molecule has 0 aliphatic rings. The molecule has 1 heterocycles. The van der Waals surface area contributed by atoms with Gasteiger partial charge in [0.05, 0.1) is 17.3 Å². The van der Waals surface area contributed by atoms with E-state index >= 15 is 0 Å². The Bertz CT molecular complexity index is 1020. The molecule has 3 rings (SSSR count). The van der Waals surface area contributed by atoms with E-state index in [1.54, 1.807) is 6.08 Å². The van der Waals surface area contributed by atoms with Gasteiger partial charge in [-0.3, -0.25) is 0 Å². The van der Waals surface area contributed by atoms with Crippen LogP contribution in [0, 0.1) is 0 Å². The van der Waals surface area contributed by atoms with E-state index in [-0.39, 0.29) is 0 Å². The molecule has 0 bridgehead atoms. The lowest BCUT2D eigenvalue weighted by atomic mass is 10.1. The maximum atomic E-state index is 5.87. The van der Waals surface area contributed by atoms with Crippen LogP contribution >= 0.6 is 0 Å². The van der Waals surface area contributed by atoms with Crippen LogP contribution in [0.3, 0.4) is 0 Å². The van der Waals surface area contributed by atoms with Gasteiger partial charge in [0, 0.05) is 17.6 Å². The van der Waals surface area contributed by atoms with Crippen molar-refractivity contribution in [3.63, 3.8) is 0 Å². The maximum absolute atomic E-state index is 5.87. The number of fused-ring (bicyclic) bond motifs is 1. The molecule has 2 aromatic carbocycles. The molecule has 174 valence electrons. The minimum absolute atomic E-state index is 0.357. The van der Waals surface area contributed by atoms with Crippen LogP contribution in [0.25, 0.3) is 28.2 Å². The van der Waals surface area contributed by atoms with E-state index in [0.717, 1.165) is 53.8 Å². The van der Waals surface area contributed by atoms with Crippen LogP contribution in [0.2, 0.25) is 0 Å². The fourth-order valence-electron chi connectivity index (χ4n) is 3.74. The van der Waals surface area contributed by atoms with E-state index in [1.165, 1.54) is 24.8 Å². The van der Waals surface area contributed by atoms with Crippen LogP contribution in [0.4, 0.5) is 0 Å². The third-order valence-corrected chi connectivity index (χ3v) is 5.68. The van der Waals surface area contributed by atoms with Gasteiger partial charge in [-0.1, -0.05) is 74.9 Å². The fraction of sp³-hybridized carbons (Fsp3) is 0.367. The molecule has 3 nitrogen and oxygen atoms in total. The number of ether oxygens (including phenoxy) is 2. The maximum Gasteiger partial charge on any atom is 0.120 e. The second-order valence-corrected chi connectivity index (χ2v) is 8.49. The Morgan fingerprint density at radius 2 is 1.85 bits per heavy atom. The molecular weight excluding hydrogens is 406 g/mol. The average molecular weight is 444 g/mol. The van der Waals surface area contributed by atoms with Gasteiger partial charge in [0.1, 0.15) is 12.4 Å². The van der Waals surface area contributed by atoms with Gasteiger partial charge in [0.25, 0.3) is 0 Å². The summed E-state index contributed by atoms with van der Waals surface area (Å²) in [6.07, 6.45) is 13.6. The summed E-state index contributed by atoms with van der Waals surface area (Å²) in [7, 11) is 0. The van der Waals surface area contributed by atoms with Gasteiger partial charge in [-0.2, -0.15) is 0 Å². The zero-order chi connectivity index (χ0) is 23.3. The minimum atomic E-state index is 0.357. The van der Waals surface area contributed by atoms with Crippen molar-refractivity contribution in [1.82, 2.24) is 4.98 Å². The second kappa shape index (κ2) is 13.6. The standard InChI is InChI=1S/C30H37NO2/c1-4-6-10-22-32-24(3)11-8-7-9-12-25-13-15-26(16-14-25)29-19-17-27-23-28(33-21-5-2)18-20-30(27)31-29/h5,9,12-20,23-24H,2,4,6-8,10-11,21-22H2,1,3H3/b12-9+. The summed E-state index contributed by atoms with van der Waals surface area (Å²) in [5, 5.41) is 1.07. The first-order valence-corrected chi connectivity index (χ1v) is 12.2. The van der Waals surface area contributed by atoms with Crippen LogP contribution in [0.15, 0.2) is 73.3 Å². The van der Waals surface area contributed by atoms with E-state index < -0.39 is 0 Å². The number of aromatic nitrogens is 1. The number of benzene rings is 2. The third-order valence-electron chi connectivity index (χ3n) is 5.68. The van der Waals surface area contributed by atoms with Crippen molar-refractivity contribution in [3.8, 4) is 17.0 Å². The summed E-state index contributed by atoms with van der Waals surface area (Å²) >= 11 is 0. The zero-order valence-corrected chi connectivity index (χ0v) is 20.1. The lowest BCUT2D eigenvalue weighted by Gasteiger charge is -2.12. The molecule has 0 saturated carbocycles. The molecule has 1 aromatic heterocycles. The zero-order valence-electron chi connectivity index (χ0n) is 20.1. The Hall–Kier alpha value is -2.91. The molecule has 3 aromatic rings. The van der Waals surface area contributed by atoms with Crippen LogP contribution in [-0.2, 0) is 4.74 Å². The summed E-state index contributed by atoms with van der Waals surface area (Å²) in [4.78, 5) is 4.83.